The Kier molecular flexibility index (Phi) is 8.46. The van der Waals surface area contributed by atoms with Gasteiger partial charge in [-0.05, 0) is 57.4 Å². The summed E-state index contributed by atoms with van der Waals surface area (Å²) in [4.78, 5) is 27.7. The lowest BCUT2D eigenvalue weighted by Gasteiger charge is -2.30. The number of nitrogens with one attached hydrogen (secondary N) is 1. The highest BCUT2D eigenvalue weighted by atomic mass is 16.5. The fourth-order valence-corrected chi connectivity index (χ4v) is 3.42. The first-order valence-electron chi connectivity index (χ1n) is 10.5. The minimum Gasteiger partial charge on any atom is -0.497 e. The van der Waals surface area contributed by atoms with Crippen LogP contribution in [0.25, 0.3) is 0 Å². The van der Waals surface area contributed by atoms with E-state index in [9.17, 15) is 9.59 Å². The summed E-state index contributed by atoms with van der Waals surface area (Å²) in [7, 11) is 1.62. The van der Waals surface area contributed by atoms with E-state index in [0.717, 1.165) is 34.4 Å². The lowest BCUT2D eigenvalue weighted by Crippen LogP contribution is -2.49. The fourth-order valence-electron chi connectivity index (χ4n) is 3.42. The monoisotopic (exact) mass is 410 g/mol. The zero-order valence-electron chi connectivity index (χ0n) is 19.0. The smallest absolute Gasteiger partial charge is 0.242 e. The molecule has 2 amide bonds. The summed E-state index contributed by atoms with van der Waals surface area (Å²) in [6.45, 7) is 10.2. The third-order valence-electron chi connectivity index (χ3n) is 5.32. The van der Waals surface area contributed by atoms with Crippen LogP contribution in [0.3, 0.4) is 0 Å². The molecule has 0 bridgehead atoms. The Morgan fingerprint density at radius 2 is 1.60 bits per heavy atom. The number of amides is 2. The molecule has 2 aromatic carbocycles. The van der Waals surface area contributed by atoms with E-state index in [0.29, 0.717) is 6.54 Å². The summed E-state index contributed by atoms with van der Waals surface area (Å²) in [5, 5.41) is 3.00. The Hall–Kier alpha value is -2.82. The molecule has 5 heteroatoms. The molecule has 1 N–H and O–H groups in total. The predicted molar refractivity (Wildman–Crippen MR) is 121 cm³/mol. The van der Waals surface area contributed by atoms with E-state index in [1.807, 2.05) is 64.1 Å². The van der Waals surface area contributed by atoms with E-state index in [-0.39, 0.29) is 24.3 Å². The molecule has 0 aromatic heterocycles. The summed E-state index contributed by atoms with van der Waals surface area (Å²) in [5.74, 6) is 0.559. The lowest BCUT2D eigenvalue weighted by molar-refractivity contribution is -0.140. The van der Waals surface area contributed by atoms with Crippen LogP contribution >= 0.6 is 0 Å². The second-order valence-corrected chi connectivity index (χ2v) is 8.04. The summed E-state index contributed by atoms with van der Waals surface area (Å²) in [6, 6.07) is 13.2. The van der Waals surface area contributed by atoms with Gasteiger partial charge in [0.2, 0.25) is 11.8 Å². The predicted octanol–water partition coefficient (Wildman–Crippen LogP) is 4.19. The fraction of sp³-hybridized carbons (Fsp3) is 0.440. The highest BCUT2D eigenvalue weighted by molar-refractivity contribution is 5.88. The molecule has 0 radical (unpaired) electrons. The van der Waals surface area contributed by atoms with Crippen molar-refractivity contribution in [1.29, 1.82) is 0 Å². The second-order valence-electron chi connectivity index (χ2n) is 8.04. The molecule has 0 saturated carbocycles. The second kappa shape index (κ2) is 10.8. The molecule has 30 heavy (non-hydrogen) atoms. The average molecular weight is 411 g/mol. The van der Waals surface area contributed by atoms with E-state index in [1.165, 1.54) is 0 Å². The average Bonchev–Trinajstić information content (AvgIpc) is 2.70. The number of benzene rings is 2. The van der Waals surface area contributed by atoms with Crippen molar-refractivity contribution in [3.63, 3.8) is 0 Å². The normalized spacial score (nSPS) is 12.7. The van der Waals surface area contributed by atoms with Gasteiger partial charge in [0.1, 0.15) is 11.8 Å². The van der Waals surface area contributed by atoms with Crippen molar-refractivity contribution in [2.45, 2.75) is 66.1 Å². The van der Waals surface area contributed by atoms with Gasteiger partial charge < -0.3 is 15.0 Å². The number of carbonyl (C=O) groups excluding carboxylic acids is 2. The van der Waals surface area contributed by atoms with Crippen molar-refractivity contribution in [1.82, 2.24) is 10.2 Å². The molecule has 0 heterocycles. The van der Waals surface area contributed by atoms with Crippen LogP contribution < -0.4 is 10.1 Å². The van der Waals surface area contributed by atoms with Crippen molar-refractivity contribution in [3.05, 3.63) is 64.7 Å². The Morgan fingerprint density at radius 3 is 2.13 bits per heavy atom. The summed E-state index contributed by atoms with van der Waals surface area (Å²) in [6.07, 6.45) is 1.10. The molecule has 5 nitrogen and oxygen atoms in total. The topological polar surface area (TPSA) is 58.6 Å². The molecule has 2 aromatic rings. The number of ether oxygens (including phenoxy) is 1. The van der Waals surface area contributed by atoms with Gasteiger partial charge in [-0.1, -0.05) is 48.4 Å². The van der Waals surface area contributed by atoms with Crippen LogP contribution in [0.2, 0.25) is 0 Å². The third-order valence-corrected chi connectivity index (χ3v) is 5.32. The van der Waals surface area contributed by atoms with Crippen molar-refractivity contribution in [2.24, 2.45) is 0 Å². The van der Waals surface area contributed by atoms with Crippen LogP contribution in [0.4, 0.5) is 0 Å². The summed E-state index contributed by atoms with van der Waals surface area (Å²) >= 11 is 0. The zero-order chi connectivity index (χ0) is 22.3. The number of methoxy groups -OCH3 is 1. The van der Waals surface area contributed by atoms with E-state index < -0.39 is 6.04 Å². The molecular weight excluding hydrogens is 376 g/mol. The molecule has 0 aliphatic heterocycles. The highest BCUT2D eigenvalue weighted by Gasteiger charge is 2.27. The Bertz CT molecular complexity index is 841. The minimum absolute atomic E-state index is 0.0670. The van der Waals surface area contributed by atoms with Gasteiger partial charge in [-0.25, -0.2) is 0 Å². The van der Waals surface area contributed by atoms with E-state index >= 15 is 0 Å². The van der Waals surface area contributed by atoms with Gasteiger partial charge >= 0.3 is 0 Å². The maximum absolute atomic E-state index is 13.3. The van der Waals surface area contributed by atoms with Gasteiger partial charge in [-0.3, -0.25) is 9.59 Å². The first-order chi connectivity index (χ1) is 14.2. The number of rotatable bonds is 9. The van der Waals surface area contributed by atoms with Gasteiger partial charge in [0, 0.05) is 12.6 Å². The standard InChI is InChI=1S/C25H34N2O3/c1-7-19(4)26-25(29)20(5)27(16-21-8-10-23(30-6)11-9-21)24(28)15-22-13-17(2)12-18(3)14-22/h8-14,19-20H,7,15-16H2,1-6H3,(H,26,29)/t19-,20+/m0/s1. The molecule has 2 rings (SSSR count). The van der Waals surface area contributed by atoms with Crippen molar-refractivity contribution in [2.75, 3.05) is 7.11 Å². The van der Waals surface area contributed by atoms with Crippen LogP contribution in [-0.4, -0.2) is 35.9 Å². The third kappa shape index (κ3) is 6.61. The van der Waals surface area contributed by atoms with Gasteiger partial charge in [0.15, 0.2) is 0 Å². The number of hydrogen-bond acceptors (Lipinski definition) is 3. The molecule has 2 atom stereocenters. The lowest BCUT2D eigenvalue weighted by atomic mass is 10.0. The van der Waals surface area contributed by atoms with E-state index in [1.54, 1.807) is 18.9 Å². The van der Waals surface area contributed by atoms with Gasteiger partial charge in [0.05, 0.1) is 13.5 Å². The Morgan fingerprint density at radius 1 is 1.00 bits per heavy atom. The molecule has 0 spiro atoms. The SMILES string of the molecule is CC[C@H](C)NC(=O)[C@@H](C)N(Cc1ccc(OC)cc1)C(=O)Cc1cc(C)cc(C)c1. The van der Waals surface area contributed by atoms with Crippen LogP contribution in [0.15, 0.2) is 42.5 Å². The van der Waals surface area contributed by atoms with Crippen molar-refractivity contribution in [3.8, 4) is 5.75 Å². The minimum atomic E-state index is -0.570. The first kappa shape index (κ1) is 23.5. The molecule has 0 saturated heterocycles. The van der Waals surface area contributed by atoms with Crippen LogP contribution in [0, 0.1) is 13.8 Å². The molecule has 0 aliphatic carbocycles. The molecule has 0 unspecified atom stereocenters. The highest BCUT2D eigenvalue weighted by Crippen LogP contribution is 2.17. The van der Waals surface area contributed by atoms with Gasteiger partial charge in [0.25, 0.3) is 0 Å². The Labute approximate surface area is 180 Å². The number of nitrogens with zero attached hydrogens (tertiary/aromatic N) is 1. The van der Waals surface area contributed by atoms with Gasteiger partial charge in [-0.15, -0.1) is 0 Å². The van der Waals surface area contributed by atoms with Crippen molar-refractivity contribution >= 4 is 11.8 Å². The summed E-state index contributed by atoms with van der Waals surface area (Å²) < 4.78 is 5.22. The number of carbonyl (C=O) groups is 2. The summed E-state index contributed by atoms with van der Waals surface area (Å²) in [5.41, 5.74) is 4.17. The van der Waals surface area contributed by atoms with E-state index in [4.69, 9.17) is 4.74 Å². The molecular formula is C25H34N2O3. The van der Waals surface area contributed by atoms with Crippen molar-refractivity contribution < 1.29 is 14.3 Å². The quantitative estimate of drug-likeness (QED) is 0.674. The first-order valence-corrected chi connectivity index (χ1v) is 10.5. The zero-order valence-corrected chi connectivity index (χ0v) is 19.0. The Balaban J connectivity index is 2.25. The molecule has 0 aliphatic rings. The molecule has 162 valence electrons. The maximum atomic E-state index is 13.3. The van der Waals surface area contributed by atoms with Crippen LogP contribution in [0.1, 0.15) is 49.4 Å². The van der Waals surface area contributed by atoms with Crippen LogP contribution in [-0.2, 0) is 22.6 Å². The van der Waals surface area contributed by atoms with Gasteiger partial charge in [-0.2, -0.15) is 0 Å². The number of aryl methyl sites for hydroxylation is 2. The number of hydrogen-bond donors (Lipinski definition) is 1. The maximum Gasteiger partial charge on any atom is 0.242 e. The molecule has 0 fully saturated rings. The van der Waals surface area contributed by atoms with E-state index in [2.05, 4.69) is 11.4 Å². The van der Waals surface area contributed by atoms with Crippen LogP contribution in [0.5, 0.6) is 5.75 Å². The largest absolute Gasteiger partial charge is 0.497 e.